The zero-order valence-corrected chi connectivity index (χ0v) is 10.5. The summed E-state index contributed by atoms with van der Waals surface area (Å²) in [6.45, 7) is 0. The van der Waals surface area contributed by atoms with Crippen LogP contribution < -0.4 is 11.5 Å². The normalized spacial score (nSPS) is 11.1. The Balaban J connectivity index is 2.30. The lowest BCUT2D eigenvalue weighted by molar-refractivity contribution is 0.628. The Labute approximate surface area is 113 Å². The van der Waals surface area contributed by atoms with E-state index in [2.05, 4.69) is 9.97 Å². The number of hydrogen-bond donors (Lipinski definition) is 3. The molecule has 19 heavy (non-hydrogen) atoms. The summed E-state index contributed by atoms with van der Waals surface area (Å²) < 4.78 is 13.2. The van der Waals surface area contributed by atoms with E-state index < -0.39 is 5.82 Å². The SMILES string of the molecule is Nc1[nH]c2c(-c3ccc(F)c(Cl)c3)nccc2c1N. The molecule has 0 aliphatic rings. The molecule has 1 aromatic carbocycles. The van der Waals surface area contributed by atoms with Gasteiger partial charge >= 0.3 is 0 Å². The minimum Gasteiger partial charge on any atom is -0.395 e. The summed E-state index contributed by atoms with van der Waals surface area (Å²) in [6.07, 6.45) is 1.62. The Bertz CT molecular complexity index is 782. The maximum absolute atomic E-state index is 13.2. The van der Waals surface area contributed by atoms with Crippen LogP contribution in [0.3, 0.4) is 0 Å². The standard InChI is InChI=1S/C13H10ClFN4/c14-8-5-6(1-2-9(8)15)11-12-7(3-4-18-11)10(16)13(17)19-12/h1-5,19H,16-17H2. The molecule has 0 radical (unpaired) electrons. The molecule has 0 saturated carbocycles. The van der Waals surface area contributed by atoms with Crippen molar-refractivity contribution in [3.05, 3.63) is 41.3 Å². The highest BCUT2D eigenvalue weighted by Gasteiger charge is 2.13. The lowest BCUT2D eigenvalue weighted by atomic mass is 10.1. The zero-order chi connectivity index (χ0) is 13.6. The van der Waals surface area contributed by atoms with Crippen molar-refractivity contribution in [3.63, 3.8) is 0 Å². The van der Waals surface area contributed by atoms with Crippen molar-refractivity contribution in [1.29, 1.82) is 0 Å². The van der Waals surface area contributed by atoms with E-state index in [1.54, 1.807) is 18.3 Å². The molecule has 0 saturated heterocycles. The van der Waals surface area contributed by atoms with Crippen LogP contribution in [0.5, 0.6) is 0 Å². The molecule has 0 bridgehead atoms. The Morgan fingerprint density at radius 3 is 2.74 bits per heavy atom. The van der Waals surface area contributed by atoms with Gasteiger partial charge in [-0.25, -0.2) is 4.39 Å². The zero-order valence-electron chi connectivity index (χ0n) is 9.74. The van der Waals surface area contributed by atoms with Gasteiger partial charge in [-0.2, -0.15) is 0 Å². The topological polar surface area (TPSA) is 80.7 Å². The highest BCUT2D eigenvalue weighted by Crippen LogP contribution is 2.33. The average molecular weight is 277 g/mol. The fraction of sp³-hybridized carbons (Fsp3) is 0. The van der Waals surface area contributed by atoms with Crippen molar-refractivity contribution in [1.82, 2.24) is 9.97 Å². The van der Waals surface area contributed by atoms with E-state index >= 15 is 0 Å². The van der Waals surface area contributed by atoms with Gasteiger partial charge in [0.2, 0.25) is 0 Å². The number of anilines is 2. The summed E-state index contributed by atoms with van der Waals surface area (Å²) in [6, 6.07) is 6.20. The number of pyridine rings is 1. The van der Waals surface area contributed by atoms with E-state index in [-0.39, 0.29) is 5.02 Å². The van der Waals surface area contributed by atoms with Gasteiger partial charge in [-0.3, -0.25) is 4.98 Å². The van der Waals surface area contributed by atoms with Crippen molar-refractivity contribution < 1.29 is 4.39 Å². The van der Waals surface area contributed by atoms with Crippen LogP contribution in [-0.2, 0) is 0 Å². The first-order chi connectivity index (χ1) is 9.08. The van der Waals surface area contributed by atoms with E-state index in [9.17, 15) is 4.39 Å². The Morgan fingerprint density at radius 1 is 1.21 bits per heavy atom. The van der Waals surface area contributed by atoms with Gasteiger partial charge in [0.1, 0.15) is 11.6 Å². The van der Waals surface area contributed by atoms with E-state index in [0.717, 1.165) is 5.39 Å². The molecule has 3 aromatic rings. The molecule has 0 fully saturated rings. The number of nitrogens with one attached hydrogen (secondary N) is 1. The molecule has 2 aromatic heterocycles. The quantitative estimate of drug-likeness (QED) is 0.638. The Morgan fingerprint density at radius 2 is 2.00 bits per heavy atom. The van der Waals surface area contributed by atoms with Gasteiger partial charge in [0, 0.05) is 17.1 Å². The number of aromatic nitrogens is 2. The van der Waals surface area contributed by atoms with Crippen molar-refractivity contribution >= 4 is 34.0 Å². The van der Waals surface area contributed by atoms with Gasteiger partial charge in [0.15, 0.2) is 0 Å². The molecule has 0 spiro atoms. The highest BCUT2D eigenvalue weighted by atomic mass is 35.5. The maximum Gasteiger partial charge on any atom is 0.141 e. The van der Waals surface area contributed by atoms with Gasteiger partial charge in [-0.1, -0.05) is 11.6 Å². The summed E-state index contributed by atoms with van der Waals surface area (Å²) in [5.41, 5.74) is 14.1. The molecule has 4 nitrogen and oxygen atoms in total. The number of hydrogen-bond acceptors (Lipinski definition) is 3. The number of aromatic amines is 1. The van der Waals surface area contributed by atoms with Crippen LogP contribution in [0, 0.1) is 5.82 Å². The van der Waals surface area contributed by atoms with E-state index in [4.69, 9.17) is 23.1 Å². The first kappa shape index (κ1) is 11.8. The summed E-state index contributed by atoms with van der Waals surface area (Å²) >= 11 is 5.79. The Hall–Kier alpha value is -2.27. The van der Waals surface area contributed by atoms with Gasteiger partial charge < -0.3 is 16.5 Å². The smallest absolute Gasteiger partial charge is 0.141 e. The third-order valence-corrected chi connectivity index (χ3v) is 3.27. The molecule has 0 aliphatic heterocycles. The minimum atomic E-state index is -0.469. The number of halogens is 2. The van der Waals surface area contributed by atoms with Crippen LogP contribution in [-0.4, -0.2) is 9.97 Å². The summed E-state index contributed by atoms with van der Waals surface area (Å²) in [5, 5.41) is 0.826. The molecular formula is C13H10ClFN4. The molecular weight excluding hydrogens is 267 g/mol. The van der Waals surface area contributed by atoms with E-state index in [1.165, 1.54) is 12.1 Å². The van der Waals surface area contributed by atoms with Crippen LogP contribution >= 0.6 is 11.6 Å². The monoisotopic (exact) mass is 276 g/mol. The fourth-order valence-corrected chi connectivity index (χ4v) is 2.20. The van der Waals surface area contributed by atoms with Gasteiger partial charge in [-0.15, -0.1) is 0 Å². The van der Waals surface area contributed by atoms with Crippen molar-refractivity contribution in [2.75, 3.05) is 11.5 Å². The van der Waals surface area contributed by atoms with Gasteiger partial charge in [-0.05, 0) is 24.3 Å². The third kappa shape index (κ3) is 1.79. The first-order valence-corrected chi connectivity index (χ1v) is 5.93. The van der Waals surface area contributed by atoms with Crippen molar-refractivity contribution in [2.45, 2.75) is 0 Å². The number of nitrogens with zero attached hydrogens (tertiary/aromatic N) is 1. The van der Waals surface area contributed by atoms with E-state index in [1.807, 2.05) is 0 Å². The van der Waals surface area contributed by atoms with Crippen LogP contribution in [0.25, 0.3) is 22.2 Å². The number of nitrogen functional groups attached to an aromatic ring is 2. The average Bonchev–Trinajstić information content (AvgIpc) is 2.69. The number of benzene rings is 1. The van der Waals surface area contributed by atoms with Crippen molar-refractivity contribution in [2.24, 2.45) is 0 Å². The minimum absolute atomic E-state index is 0.0452. The summed E-state index contributed by atoms with van der Waals surface area (Å²) in [5.74, 6) is -0.0828. The molecule has 3 rings (SSSR count). The lowest BCUT2D eigenvalue weighted by Crippen LogP contribution is -1.90. The summed E-state index contributed by atoms with van der Waals surface area (Å²) in [7, 11) is 0. The predicted molar refractivity (Wildman–Crippen MR) is 75.3 cm³/mol. The maximum atomic E-state index is 13.2. The second-order valence-corrected chi connectivity index (χ2v) is 4.57. The molecule has 0 aliphatic carbocycles. The van der Waals surface area contributed by atoms with Gasteiger partial charge in [0.05, 0.1) is 21.9 Å². The fourth-order valence-electron chi connectivity index (χ4n) is 2.02. The number of rotatable bonds is 1. The largest absolute Gasteiger partial charge is 0.395 e. The molecule has 0 amide bonds. The number of nitrogens with two attached hydrogens (primary N) is 2. The Kier molecular flexibility index (Phi) is 2.57. The van der Waals surface area contributed by atoms with Crippen LogP contribution in [0.4, 0.5) is 15.9 Å². The number of H-pyrrole nitrogens is 1. The van der Waals surface area contributed by atoms with Crippen molar-refractivity contribution in [3.8, 4) is 11.3 Å². The highest BCUT2D eigenvalue weighted by molar-refractivity contribution is 6.31. The lowest BCUT2D eigenvalue weighted by Gasteiger charge is -2.03. The predicted octanol–water partition coefficient (Wildman–Crippen LogP) is 3.19. The molecule has 0 atom stereocenters. The second-order valence-electron chi connectivity index (χ2n) is 4.16. The number of fused-ring (bicyclic) bond motifs is 1. The first-order valence-electron chi connectivity index (χ1n) is 5.55. The molecule has 96 valence electrons. The van der Waals surface area contributed by atoms with Crippen LogP contribution in [0.15, 0.2) is 30.5 Å². The van der Waals surface area contributed by atoms with E-state index in [0.29, 0.717) is 28.3 Å². The third-order valence-electron chi connectivity index (χ3n) is 2.98. The van der Waals surface area contributed by atoms with Gasteiger partial charge in [0.25, 0.3) is 0 Å². The molecule has 0 unspecified atom stereocenters. The molecule has 6 heteroatoms. The summed E-state index contributed by atoms with van der Waals surface area (Å²) in [4.78, 5) is 7.26. The molecule has 5 N–H and O–H groups in total. The molecule has 2 heterocycles. The van der Waals surface area contributed by atoms with Crippen LogP contribution in [0.2, 0.25) is 5.02 Å². The van der Waals surface area contributed by atoms with Crippen LogP contribution in [0.1, 0.15) is 0 Å². The second kappa shape index (κ2) is 4.13.